The topological polar surface area (TPSA) is 33.1 Å². The van der Waals surface area contributed by atoms with Gasteiger partial charge in [0, 0.05) is 25.5 Å². The first-order chi connectivity index (χ1) is 8.29. The Balaban J connectivity index is 1.82. The van der Waals surface area contributed by atoms with Crippen molar-refractivity contribution in [1.29, 1.82) is 0 Å². The molecule has 17 heavy (non-hydrogen) atoms. The van der Waals surface area contributed by atoms with Crippen molar-refractivity contribution in [3.05, 3.63) is 18.2 Å². The number of rotatable bonds is 5. The average molecular weight is 236 g/mol. The van der Waals surface area contributed by atoms with Crippen molar-refractivity contribution < 1.29 is 0 Å². The molecule has 1 fully saturated rings. The molecule has 0 aromatic carbocycles. The van der Waals surface area contributed by atoms with Crippen molar-refractivity contribution >= 4 is 0 Å². The van der Waals surface area contributed by atoms with Crippen LogP contribution in [0.2, 0.25) is 0 Å². The van der Waals surface area contributed by atoms with Crippen LogP contribution in [0, 0.1) is 5.92 Å². The Hall–Kier alpha value is -0.870. The predicted molar refractivity (Wildman–Crippen MR) is 69.8 cm³/mol. The lowest BCUT2D eigenvalue weighted by atomic mass is 9.99. The SMILES string of the molecule is CCn1ccnc1CN(C)CC1CCCNC1. The molecular formula is C13H24N4. The van der Waals surface area contributed by atoms with E-state index < -0.39 is 0 Å². The lowest BCUT2D eigenvalue weighted by molar-refractivity contribution is 0.231. The van der Waals surface area contributed by atoms with Crippen LogP contribution in [-0.4, -0.2) is 41.1 Å². The summed E-state index contributed by atoms with van der Waals surface area (Å²) >= 11 is 0. The van der Waals surface area contributed by atoms with Gasteiger partial charge in [0.2, 0.25) is 0 Å². The summed E-state index contributed by atoms with van der Waals surface area (Å²) in [6.07, 6.45) is 6.64. The summed E-state index contributed by atoms with van der Waals surface area (Å²) in [5.41, 5.74) is 0. The molecule has 0 saturated carbocycles. The second kappa shape index (κ2) is 6.17. The summed E-state index contributed by atoms with van der Waals surface area (Å²) in [6, 6.07) is 0. The van der Waals surface area contributed by atoms with Gasteiger partial charge in [-0.05, 0) is 45.8 Å². The zero-order valence-corrected chi connectivity index (χ0v) is 11.0. The average Bonchev–Trinajstić information content (AvgIpc) is 2.77. The zero-order chi connectivity index (χ0) is 12.1. The normalized spacial score (nSPS) is 21.0. The molecule has 0 radical (unpaired) electrons. The van der Waals surface area contributed by atoms with Crippen molar-refractivity contribution in [2.75, 3.05) is 26.7 Å². The molecular weight excluding hydrogens is 212 g/mol. The number of hydrogen-bond acceptors (Lipinski definition) is 3. The van der Waals surface area contributed by atoms with Crippen LogP contribution in [-0.2, 0) is 13.1 Å². The Bertz CT molecular complexity index is 328. The highest BCUT2D eigenvalue weighted by molar-refractivity contribution is 4.92. The maximum Gasteiger partial charge on any atom is 0.122 e. The van der Waals surface area contributed by atoms with Crippen LogP contribution in [0.25, 0.3) is 0 Å². The molecule has 1 atom stereocenters. The first kappa shape index (κ1) is 12.6. The van der Waals surface area contributed by atoms with Gasteiger partial charge in [-0.3, -0.25) is 4.90 Å². The van der Waals surface area contributed by atoms with Crippen molar-refractivity contribution in [3.63, 3.8) is 0 Å². The molecule has 2 rings (SSSR count). The highest BCUT2D eigenvalue weighted by Gasteiger charge is 2.15. The molecule has 1 aromatic heterocycles. The molecule has 0 bridgehead atoms. The fraction of sp³-hybridized carbons (Fsp3) is 0.769. The van der Waals surface area contributed by atoms with Crippen molar-refractivity contribution in [2.45, 2.75) is 32.9 Å². The van der Waals surface area contributed by atoms with Crippen molar-refractivity contribution in [1.82, 2.24) is 19.8 Å². The summed E-state index contributed by atoms with van der Waals surface area (Å²) in [5, 5.41) is 3.47. The van der Waals surface area contributed by atoms with Crippen molar-refractivity contribution in [3.8, 4) is 0 Å². The van der Waals surface area contributed by atoms with Gasteiger partial charge in [0.05, 0.1) is 6.54 Å². The first-order valence-electron chi connectivity index (χ1n) is 6.69. The molecule has 0 spiro atoms. The van der Waals surface area contributed by atoms with Gasteiger partial charge in [0.1, 0.15) is 5.82 Å². The first-order valence-corrected chi connectivity index (χ1v) is 6.69. The molecule has 4 heteroatoms. The fourth-order valence-electron chi connectivity index (χ4n) is 2.61. The van der Waals surface area contributed by atoms with Gasteiger partial charge in [-0.25, -0.2) is 4.98 Å². The Morgan fingerprint density at radius 1 is 1.59 bits per heavy atom. The number of piperidine rings is 1. The standard InChI is InChI=1S/C13H24N4/c1-3-17-8-7-15-13(17)11-16(2)10-12-5-4-6-14-9-12/h7-8,12,14H,3-6,9-11H2,1-2H3. The third-order valence-electron chi connectivity index (χ3n) is 3.52. The minimum Gasteiger partial charge on any atom is -0.334 e. The zero-order valence-electron chi connectivity index (χ0n) is 11.0. The Labute approximate surface area is 104 Å². The maximum atomic E-state index is 4.43. The number of aryl methyl sites for hydroxylation is 1. The molecule has 4 nitrogen and oxygen atoms in total. The van der Waals surface area contributed by atoms with E-state index in [4.69, 9.17) is 0 Å². The Morgan fingerprint density at radius 3 is 3.18 bits per heavy atom. The minimum absolute atomic E-state index is 0.804. The molecule has 2 heterocycles. The Morgan fingerprint density at radius 2 is 2.47 bits per heavy atom. The van der Waals surface area contributed by atoms with Crippen LogP contribution in [0.3, 0.4) is 0 Å². The number of imidazole rings is 1. The largest absolute Gasteiger partial charge is 0.334 e. The Kier molecular flexibility index (Phi) is 4.57. The molecule has 1 saturated heterocycles. The third kappa shape index (κ3) is 3.54. The number of nitrogens with one attached hydrogen (secondary N) is 1. The lowest BCUT2D eigenvalue weighted by Gasteiger charge is -2.27. The number of aromatic nitrogens is 2. The van der Waals surface area contributed by atoms with Gasteiger partial charge in [-0.2, -0.15) is 0 Å². The van der Waals surface area contributed by atoms with Gasteiger partial charge in [-0.15, -0.1) is 0 Å². The molecule has 0 amide bonds. The maximum absolute atomic E-state index is 4.43. The van der Waals surface area contributed by atoms with Gasteiger partial charge in [0.15, 0.2) is 0 Å². The van der Waals surface area contributed by atoms with Crippen LogP contribution in [0.4, 0.5) is 0 Å². The second-order valence-electron chi connectivity index (χ2n) is 5.04. The molecule has 1 aromatic rings. The van der Waals surface area contributed by atoms with Crippen LogP contribution in [0.5, 0.6) is 0 Å². The van der Waals surface area contributed by atoms with Gasteiger partial charge in [-0.1, -0.05) is 0 Å². The molecule has 0 aliphatic carbocycles. The molecule has 1 aliphatic rings. The van der Waals surface area contributed by atoms with Crippen molar-refractivity contribution in [2.24, 2.45) is 5.92 Å². The van der Waals surface area contributed by atoms with E-state index >= 15 is 0 Å². The third-order valence-corrected chi connectivity index (χ3v) is 3.52. The van der Waals surface area contributed by atoms with E-state index in [9.17, 15) is 0 Å². The van der Waals surface area contributed by atoms with E-state index in [0.717, 1.165) is 19.0 Å². The summed E-state index contributed by atoms with van der Waals surface area (Å²) in [4.78, 5) is 6.82. The van der Waals surface area contributed by atoms with Crippen LogP contribution in [0.1, 0.15) is 25.6 Å². The van der Waals surface area contributed by atoms with E-state index in [1.165, 1.54) is 38.3 Å². The van der Waals surface area contributed by atoms with E-state index in [0.29, 0.717) is 0 Å². The number of hydrogen-bond donors (Lipinski definition) is 1. The molecule has 1 aliphatic heterocycles. The lowest BCUT2D eigenvalue weighted by Crippen LogP contribution is -2.36. The van der Waals surface area contributed by atoms with E-state index in [1.807, 2.05) is 6.20 Å². The molecule has 96 valence electrons. The van der Waals surface area contributed by atoms with Gasteiger partial charge < -0.3 is 9.88 Å². The minimum atomic E-state index is 0.804. The smallest absolute Gasteiger partial charge is 0.122 e. The monoisotopic (exact) mass is 236 g/mol. The molecule has 1 N–H and O–H groups in total. The van der Waals surface area contributed by atoms with E-state index in [-0.39, 0.29) is 0 Å². The highest BCUT2D eigenvalue weighted by Crippen LogP contribution is 2.12. The second-order valence-corrected chi connectivity index (χ2v) is 5.04. The van der Waals surface area contributed by atoms with E-state index in [2.05, 4.69) is 39.9 Å². The quantitative estimate of drug-likeness (QED) is 0.837. The predicted octanol–water partition coefficient (Wildman–Crippen LogP) is 1.33. The van der Waals surface area contributed by atoms with Gasteiger partial charge >= 0.3 is 0 Å². The fourth-order valence-corrected chi connectivity index (χ4v) is 2.61. The number of nitrogens with zero attached hydrogens (tertiary/aromatic N) is 3. The summed E-state index contributed by atoms with van der Waals surface area (Å²) in [6.45, 7) is 7.67. The highest BCUT2D eigenvalue weighted by atomic mass is 15.2. The summed E-state index contributed by atoms with van der Waals surface area (Å²) in [7, 11) is 2.20. The van der Waals surface area contributed by atoms with Crippen LogP contribution >= 0.6 is 0 Å². The van der Waals surface area contributed by atoms with Crippen LogP contribution < -0.4 is 5.32 Å². The van der Waals surface area contributed by atoms with Gasteiger partial charge in [0.25, 0.3) is 0 Å². The molecule has 1 unspecified atom stereocenters. The summed E-state index contributed by atoms with van der Waals surface area (Å²) < 4.78 is 2.22. The van der Waals surface area contributed by atoms with E-state index in [1.54, 1.807) is 0 Å². The summed E-state index contributed by atoms with van der Waals surface area (Å²) in [5.74, 6) is 1.98. The van der Waals surface area contributed by atoms with Crippen LogP contribution in [0.15, 0.2) is 12.4 Å².